The minimum absolute atomic E-state index is 0.0165. The summed E-state index contributed by atoms with van der Waals surface area (Å²) >= 11 is 0. The van der Waals surface area contributed by atoms with Crippen LogP contribution in [-0.4, -0.2) is 32.1 Å². The molecule has 0 aromatic heterocycles. The first-order valence-electron chi connectivity index (χ1n) is 6.88. The van der Waals surface area contributed by atoms with Crippen LogP contribution in [0.25, 0.3) is 0 Å². The number of sulfonamides is 1. The van der Waals surface area contributed by atoms with Crippen LogP contribution in [-0.2, 0) is 14.8 Å². The van der Waals surface area contributed by atoms with E-state index in [1.165, 1.54) is 12.1 Å². The normalized spacial score (nSPS) is 11.3. The lowest BCUT2D eigenvalue weighted by molar-refractivity contribution is -0.138. The molecule has 0 spiro atoms. The standard InChI is InChI=1S/C10H14N2O4S.2C2H6/c1-7-2-4-8(5-3-7)17(15,16)12-9(6-11)10(13)14;2*1-2/h2-5,9,12H,6,11H2,1H3,(H,13,14);2*1-2H3. The second kappa shape index (κ2) is 11.2. The zero-order valence-corrected chi connectivity index (χ0v) is 14.1. The lowest BCUT2D eigenvalue weighted by Gasteiger charge is -2.12. The van der Waals surface area contributed by atoms with Crippen molar-refractivity contribution in [2.45, 2.75) is 45.6 Å². The molecule has 21 heavy (non-hydrogen) atoms. The summed E-state index contributed by atoms with van der Waals surface area (Å²) < 4.78 is 25.6. The number of carbonyl (C=O) groups is 1. The maximum atomic E-state index is 11.8. The number of hydrogen-bond donors (Lipinski definition) is 3. The molecule has 0 aliphatic carbocycles. The molecule has 0 saturated carbocycles. The molecule has 0 heterocycles. The van der Waals surface area contributed by atoms with Gasteiger partial charge in [0, 0.05) is 6.54 Å². The molecular formula is C14H26N2O4S. The molecule has 7 heteroatoms. The van der Waals surface area contributed by atoms with Gasteiger partial charge in [-0.25, -0.2) is 8.42 Å². The molecule has 0 bridgehead atoms. The highest BCUT2D eigenvalue weighted by molar-refractivity contribution is 7.89. The zero-order valence-electron chi connectivity index (χ0n) is 13.3. The van der Waals surface area contributed by atoms with Gasteiger partial charge in [-0.2, -0.15) is 4.72 Å². The Kier molecular flexibility index (Phi) is 11.7. The topological polar surface area (TPSA) is 109 Å². The molecule has 0 radical (unpaired) electrons. The van der Waals surface area contributed by atoms with E-state index < -0.39 is 22.0 Å². The van der Waals surface area contributed by atoms with E-state index in [4.69, 9.17) is 10.8 Å². The first-order valence-corrected chi connectivity index (χ1v) is 8.37. The number of nitrogens with one attached hydrogen (secondary N) is 1. The Balaban J connectivity index is 0. The summed E-state index contributed by atoms with van der Waals surface area (Å²) in [5.74, 6) is -1.30. The fourth-order valence-electron chi connectivity index (χ4n) is 1.17. The Morgan fingerprint density at radius 2 is 1.62 bits per heavy atom. The number of carboxylic acids is 1. The molecule has 1 unspecified atom stereocenters. The van der Waals surface area contributed by atoms with Crippen LogP contribution in [0.3, 0.4) is 0 Å². The van der Waals surface area contributed by atoms with Gasteiger partial charge in [0.2, 0.25) is 10.0 Å². The molecule has 4 N–H and O–H groups in total. The highest BCUT2D eigenvalue weighted by Gasteiger charge is 2.23. The van der Waals surface area contributed by atoms with Crippen LogP contribution < -0.4 is 10.5 Å². The van der Waals surface area contributed by atoms with Gasteiger partial charge in [-0.1, -0.05) is 45.4 Å². The van der Waals surface area contributed by atoms with Crippen LogP contribution in [0.4, 0.5) is 0 Å². The molecule has 1 aromatic carbocycles. The van der Waals surface area contributed by atoms with E-state index in [9.17, 15) is 13.2 Å². The van der Waals surface area contributed by atoms with Crippen molar-refractivity contribution in [3.05, 3.63) is 29.8 Å². The molecule has 1 aromatic rings. The highest BCUT2D eigenvalue weighted by atomic mass is 32.2. The van der Waals surface area contributed by atoms with Crippen molar-refractivity contribution in [2.24, 2.45) is 5.73 Å². The number of benzene rings is 1. The minimum atomic E-state index is -3.84. The Bertz CT molecular complexity index is 498. The van der Waals surface area contributed by atoms with Gasteiger partial charge in [-0.05, 0) is 19.1 Å². The molecule has 0 aliphatic rings. The maximum Gasteiger partial charge on any atom is 0.323 e. The van der Waals surface area contributed by atoms with Crippen LogP contribution in [0, 0.1) is 6.92 Å². The molecule has 1 atom stereocenters. The van der Waals surface area contributed by atoms with Crippen molar-refractivity contribution in [1.29, 1.82) is 0 Å². The van der Waals surface area contributed by atoms with E-state index in [1.54, 1.807) is 12.1 Å². The SMILES string of the molecule is CC.CC.Cc1ccc(S(=O)(=O)NC(CN)C(=O)O)cc1. The third kappa shape index (κ3) is 7.79. The van der Waals surface area contributed by atoms with E-state index in [0.717, 1.165) is 5.56 Å². The van der Waals surface area contributed by atoms with E-state index in [1.807, 2.05) is 39.3 Å². The smallest absolute Gasteiger partial charge is 0.323 e. The number of hydrogen-bond acceptors (Lipinski definition) is 4. The fraction of sp³-hybridized carbons (Fsp3) is 0.500. The molecule has 0 saturated heterocycles. The van der Waals surface area contributed by atoms with Gasteiger partial charge in [0.15, 0.2) is 0 Å². The average Bonchev–Trinajstić information content (AvgIpc) is 2.49. The van der Waals surface area contributed by atoms with Gasteiger partial charge < -0.3 is 10.8 Å². The average molecular weight is 318 g/mol. The molecule has 122 valence electrons. The number of aliphatic carboxylic acids is 1. The molecule has 6 nitrogen and oxygen atoms in total. The van der Waals surface area contributed by atoms with Gasteiger partial charge in [0.25, 0.3) is 0 Å². The second-order valence-electron chi connectivity index (χ2n) is 3.56. The van der Waals surface area contributed by atoms with Crippen LogP contribution in [0.5, 0.6) is 0 Å². The first kappa shape index (κ1) is 21.9. The van der Waals surface area contributed by atoms with Crippen molar-refractivity contribution in [3.8, 4) is 0 Å². The van der Waals surface area contributed by atoms with Gasteiger partial charge >= 0.3 is 5.97 Å². The van der Waals surface area contributed by atoms with Gasteiger partial charge in [-0.15, -0.1) is 0 Å². The van der Waals surface area contributed by atoms with E-state index in [2.05, 4.69) is 0 Å². The van der Waals surface area contributed by atoms with Crippen molar-refractivity contribution in [1.82, 2.24) is 4.72 Å². The summed E-state index contributed by atoms with van der Waals surface area (Å²) in [6, 6.07) is 4.76. The van der Waals surface area contributed by atoms with Crippen molar-refractivity contribution < 1.29 is 18.3 Å². The van der Waals surface area contributed by atoms with E-state index >= 15 is 0 Å². The van der Waals surface area contributed by atoms with Crippen LogP contribution in [0.2, 0.25) is 0 Å². The molecule has 0 amide bonds. The number of nitrogens with two attached hydrogens (primary N) is 1. The highest BCUT2D eigenvalue weighted by Crippen LogP contribution is 2.10. The monoisotopic (exact) mass is 318 g/mol. The second-order valence-corrected chi connectivity index (χ2v) is 5.27. The third-order valence-corrected chi connectivity index (χ3v) is 3.65. The summed E-state index contributed by atoms with van der Waals surface area (Å²) in [4.78, 5) is 10.7. The lowest BCUT2D eigenvalue weighted by atomic mass is 10.2. The molecule has 0 aliphatic heterocycles. The Labute approximate surface area is 127 Å². The van der Waals surface area contributed by atoms with E-state index in [-0.39, 0.29) is 11.4 Å². The predicted octanol–water partition coefficient (Wildman–Crippen LogP) is 1.74. The van der Waals surface area contributed by atoms with Gasteiger partial charge in [0.05, 0.1) is 4.90 Å². The Hall–Kier alpha value is -1.44. The lowest BCUT2D eigenvalue weighted by Crippen LogP contribution is -2.45. The Morgan fingerprint density at radius 1 is 1.19 bits per heavy atom. The van der Waals surface area contributed by atoms with Crippen molar-refractivity contribution >= 4 is 16.0 Å². The number of aryl methyl sites for hydroxylation is 1. The predicted molar refractivity (Wildman–Crippen MR) is 84.7 cm³/mol. The quantitative estimate of drug-likeness (QED) is 0.766. The Morgan fingerprint density at radius 3 is 1.95 bits per heavy atom. The summed E-state index contributed by atoms with van der Waals surface area (Å²) in [5, 5.41) is 8.72. The van der Waals surface area contributed by atoms with Gasteiger partial charge in [0.1, 0.15) is 6.04 Å². The maximum absolute atomic E-state index is 11.8. The zero-order chi connectivity index (χ0) is 17.1. The molecular weight excluding hydrogens is 292 g/mol. The van der Waals surface area contributed by atoms with Crippen LogP contribution in [0.15, 0.2) is 29.2 Å². The fourth-order valence-corrected chi connectivity index (χ4v) is 2.37. The van der Waals surface area contributed by atoms with Crippen LogP contribution in [0.1, 0.15) is 33.3 Å². The van der Waals surface area contributed by atoms with Crippen molar-refractivity contribution in [3.63, 3.8) is 0 Å². The summed E-state index contributed by atoms with van der Waals surface area (Å²) in [5.41, 5.74) is 6.09. The summed E-state index contributed by atoms with van der Waals surface area (Å²) in [6.45, 7) is 9.52. The molecule has 1 rings (SSSR count). The third-order valence-electron chi connectivity index (χ3n) is 2.16. The summed E-state index contributed by atoms with van der Waals surface area (Å²) in [6.07, 6.45) is 0. The molecule has 0 fully saturated rings. The first-order chi connectivity index (χ1) is 9.86. The minimum Gasteiger partial charge on any atom is -0.480 e. The number of carboxylic acid groups (broad SMARTS) is 1. The van der Waals surface area contributed by atoms with Gasteiger partial charge in [-0.3, -0.25) is 4.79 Å². The van der Waals surface area contributed by atoms with Crippen LogP contribution >= 0.6 is 0 Å². The number of rotatable bonds is 5. The summed E-state index contributed by atoms with van der Waals surface area (Å²) in [7, 11) is -3.84. The largest absolute Gasteiger partial charge is 0.480 e. The van der Waals surface area contributed by atoms with Crippen molar-refractivity contribution in [2.75, 3.05) is 6.54 Å². The van der Waals surface area contributed by atoms with E-state index in [0.29, 0.717) is 0 Å².